The maximum atomic E-state index is 12.0. The van der Waals surface area contributed by atoms with E-state index in [-0.39, 0.29) is 5.92 Å². The van der Waals surface area contributed by atoms with Crippen molar-refractivity contribution in [2.75, 3.05) is 13.1 Å². The highest BCUT2D eigenvalue weighted by atomic mass is 16.2. The number of nitrogens with zero attached hydrogens (tertiary/aromatic N) is 3. The molecule has 17 heavy (non-hydrogen) atoms. The van der Waals surface area contributed by atoms with Gasteiger partial charge in [-0.1, -0.05) is 0 Å². The van der Waals surface area contributed by atoms with Crippen molar-refractivity contribution in [1.29, 1.82) is 0 Å². The molecule has 94 valence electrons. The van der Waals surface area contributed by atoms with Gasteiger partial charge in [-0.2, -0.15) is 0 Å². The summed E-state index contributed by atoms with van der Waals surface area (Å²) in [5.74, 6) is 0.574. The molecule has 1 aromatic rings. The maximum absolute atomic E-state index is 12.0. The van der Waals surface area contributed by atoms with Gasteiger partial charge in [0.15, 0.2) is 0 Å². The number of likely N-dealkylation sites (tertiary alicyclic amines) is 1. The molecule has 0 saturated carbocycles. The van der Waals surface area contributed by atoms with E-state index in [4.69, 9.17) is 0 Å². The summed E-state index contributed by atoms with van der Waals surface area (Å²) in [4.78, 5) is 18.1. The van der Waals surface area contributed by atoms with Gasteiger partial charge in [0.25, 0.3) is 0 Å². The van der Waals surface area contributed by atoms with Crippen molar-refractivity contribution in [3.63, 3.8) is 0 Å². The van der Waals surface area contributed by atoms with Gasteiger partial charge in [0.05, 0.1) is 6.33 Å². The molecule has 0 N–H and O–H groups in total. The van der Waals surface area contributed by atoms with Gasteiger partial charge in [0.1, 0.15) is 0 Å². The zero-order valence-electron chi connectivity index (χ0n) is 10.7. The molecule has 1 aromatic heterocycles. The minimum Gasteiger partial charge on any atom is -0.343 e. The van der Waals surface area contributed by atoms with E-state index < -0.39 is 0 Å². The number of carbonyl (C=O) groups is 1. The summed E-state index contributed by atoms with van der Waals surface area (Å²) in [5.41, 5.74) is 1.25. The number of aryl methyl sites for hydroxylation is 2. The van der Waals surface area contributed by atoms with E-state index in [1.165, 1.54) is 5.69 Å². The van der Waals surface area contributed by atoms with Crippen molar-refractivity contribution in [2.45, 2.75) is 39.7 Å². The van der Waals surface area contributed by atoms with Crippen molar-refractivity contribution in [3.05, 3.63) is 18.2 Å². The van der Waals surface area contributed by atoms with Crippen LogP contribution in [0.3, 0.4) is 0 Å². The molecule has 1 fully saturated rings. The first-order chi connectivity index (χ1) is 8.26. The van der Waals surface area contributed by atoms with Gasteiger partial charge >= 0.3 is 0 Å². The van der Waals surface area contributed by atoms with Crippen LogP contribution in [0.2, 0.25) is 0 Å². The zero-order valence-corrected chi connectivity index (χ0v) is 10.7. The van der Waals surface area contributed by atoms with E-state index in [0.29, 0.717) is 5.91 Å². The van der Waals surface area contributed by atoms with Crippen molar-refractivity contribution in [2.24, 2.45) is 5.92 Å². The normalized spacial score (nSPS) is 20.2. The second kappa shape index (κ2) is 5.34. The Bertz CT molecular complexity index is 386. The quantitative estimate of drug-likeness (QED) is 0.779. The third kappa shape index (κ3) is 2.51. The lowest BCUT2D eigenvalue weighted by molar-refractivity contribution is -0.130. The van der Waals surface area contributed by atoms with E-state index in [1.807, 2.05) is 24.3 Å². The Labute approximate surface area is 103 Å². The van der Waals surface area contributed by atoms with Crippen LogP contribution in [-0.2, 0) is 17.8 Å². The van der Waals surface area contributed by atoms with Gasteiger partial charge in [0, 0.05) is 37.4 Å². The first kappa shape index (κ1) is 12.1. The third-order valence-electron chi connectivity index (χ3n) is 3.68. The fourth-order valence-electron chi connectivity index (χ4n) is 2.55. The van der Waals surface area contributed by atoms with Gasteiger partial charge in [-0.25, -0.2) is 4.98 Å². The van der Waals surface area contributed by atoms with Crippen LogP contribution in [0, 0.1) is 5.92 Å². The van der Waals surface area contributed by atoms with Crippen LogP contribution in [0.5, 0.6) is 0 Å². The molecule has 1 aliphatic rings. The zero-order chi connectivity index (χ0) is 12.3. The molecule has 0 radical (unpaired) electrons. The molecule has 0 unspecified atom stereocenters. The number of hydrogen-bond donors (Lipinski definition) is 0. The summed E-state index contributed by atoms with van der Waals surface area (Å²) in [6.07, 6.45) is 6.72. The van der Waals surface area contributed by atoms with Gasteiger partial charge in [-0.15, -0.1) is 0 Å². The molecule has 0 aromatic carbocycles. The van der Waals surface area contributed by atoms with E-state index in [0.717, 1.165) is 38.9 Å². The lowest BCUT2D eigenvalue weighted by Crippen LogP contribution is -2.27. The Morgan fingerprint density at radius 2 is 2.24 bits per heavy atom. The Morgan fingerprint density at radius 1 is 1.41 bits per heavy atom. The van der Waals surface area contributed by atoms with Crippen LogP contribution in [-0.4, -0.2) is 33.4 Å². The summed E-state index contributed by atoms with van der Waals surface area (Å²) in [6.45, 7) is 6.90. The Morgan fingerprint density at radius 3 is 2.88 bits per heavy atom. The molecule has 1 amide bonds. The fraction of sp³-hybridized carbons (Fsp3) is 0.692. The number of amides is 1. The minimum absolute atomic E-state index is 0.232. The smallest absolute Gasteiger partial charge is 0.225 e. The van der Waals surface area contributed by atoms with Crippen LogP contribution in [0.25, 0.3) is 0 Å². The van der Waals surface area contributed by atoms with Crippen LogP contribution in [0.15, 0.2) is 12.5 Å². The summed E-state index contributed by atoms with van der Waals surface area (Å²) < 4.78 is 2.15. The lowest BCUT2D eigenvalue weighted by atomic mass is 10.0. The van der Waals surface area contributed by atoms with Crippen LogP contribution in [0.4, 0.5) is 0 Å². The number of hydrogen-bond acceptors (Lipinski definition) is 2. The highest BCUT2D eigenvalue weighted by molar-refractivity contribution is 5.80. The summed E-state index contributed by atoms with van der Waals surface area (Å²) in [5, 5.41) is 0. The number of carbonyl (C=O) groups excluding carboxylic acids is 1. The largest absolute Gasteiger partial charge is 0.343 e. The van der Waals surface area contributed by atoms with Crippen molar-refractivity contribution >= 4 is 5.91 Å². The summed E-state index contributed by atoms with van der Waals surface area (Å²) in [6, 6.07) is 0. The number of rotatable bonds is 5. The molecular formula is C13H21N3O. The lowest BCUT2D eigenvalue weighted by Gasteiger charge is -2.13. The molecule has 4 nitrogen and oxygen atoms in total. The Kier molecular flexibility index (Phi) is 3.82. The molecule has 0 spiro atoms. The maximum Gasteiger partial charge on any atom is 0.225 e. The summed E-state index contributed by atoms with van der Waals surface area (Å²) >= 11 is 0. The first-order valence-corrected chi connectivity index (χ1v) is 6.54. The van der Waals surface area contributed by atoms with E-state index >= 15 is 0 Å². The van der Waals surface area contributed by atoms with Crippen molar-refractivity contribution in [3.8, 4) is 0 Å². The van der Waals surface area contributed by atoms with Crippen molar-refractivity contribution in [1.82, 2.24) is 14.5 Å². The fourth-order valence-corrected chi connectivity index (χ4v) is 2.55. The average molecular weight is 235 g/mol. The van der Waals surface area contributed by atoms with Gasteiger partial charge in [0.2, 0.25) is 5.91 Å². The number of aromatic nitrogens is 2. The highest BCUT2D eigenvalue weighted by Gasteiger charge is 2.29. The molecule has 1 atom stereocenters. The molecule has 0 aliphatic carbocycles. The average Bonchev–Trinajstić information content (AvgIpc) is 2.93. The monoisotopic (exact) mass is 235 g/mol. The molecule has 0 bridgehead atoms. The van der Waals surface area contributed by atoms with E-state index in [2.05, 4.69) is 16.5 Å². The second-order valence-corrected chi connectivity index (χ2v) is 4.61. The van der Waals surface area contributed by atoms with Crippen LogP contribution in [0.1, 0.15) is 32.4 Å². The van der Waals surface area contributed by atoms with Crippen molar-refractivity contribution < 1.29 is 4.79 Å². The van der Waals surface area contributed by atoms with Crippen LogP contribution >= 0.6 is 0 Å². The molecule has 2 heterocycles. The van der Waals surface area contributed by atoms with Gasteiger partial charge in [-0.3, -0.25) is 4.79 Å². The summed E-state index contributed by atoms with van der Waals surface area (Å²) in [7, 11) is 0. The Balaban J connectivity index is 1.89. The van der Waals surface area contributed by atoms with Gasteiger partial charge in [-0.05, 0) is 33.1 Å². The highest BCUT2D eigenvalue weighted by Crippen LogP contribution is 2.22. The molecule has 1 saturated heterocycles. The number of imidazole rings is 1. The Hall–Kier alpha value is -1.32. The minimum atomic E-state index is 0.232. The predicted octanol–water partition coefficient (Wildman–Crippen LogP) is 1.70. The SMILES string of the molecule is CCN1CC[C@@H](CCc2cncn2CC)C1=O. The standard InChI is InChI=1S/C13H21N3O/c1-3-15-8-7-11(13(15)17)5-6-12-9-14-10-16(12)4-2/h9-11H,3-8H2,1-2H3/t11-/m1/s1. The van der Waals surface area contributed by atoms with E-state index in [9.17, 15) is 4.79 Å². The van der Waals surface area contributed by atoms with Gasteiger partial charge < -0.3 is 9.47 Å². The second-order valence-electron chi connectivity index (χ2n) is 4.61. The van der Waals surface area contributed by atoms with Crippen LogP contribution < -0.4 is 0 Å². The first-order valence-electron chi connectivity index (χ1n) is 6.54. The molecular weight excluding hydrogens is 214 g/mol. The predicted molar refractivity (Wildman–Crippen MR) is 66.6 cm³/mol. The van der Waals surface area contributed by atoms with E-state index in [1.54, 1.807) is 0 Å². The third-order valence-corrected chi connectivity index (χ3v) is 3.68. The molecule has 1 aliphatic heterocycles. The molecule has 4 heteroatoms. The topological polar surface area (TPSA) is 38.1 Å². The molecule has 2 rings (SSSR count).